The van der Waals surface area contributed by atoms with Crippen molar-refractivity contribution in [3.63, 3.8) is 0 Å². The van der Waals surface area contributed by atoms with E-state index in [0.717, 1.165) is 24.8 Å². The summed E-state index contributed by atoms with van der Waals surface area (Å²) in [6.07, 6.45) is 9.65. The molecule has 0 radical (unpaired) electrons. The molecule has 2 fully saturated rings. The molecule has 0 saturated carbocycles. The summed E-state index contributed by atoms with van der Waals surface area (Å²) in [4.78, 5) is 34.3. The molecule has 0 spiro atoms. The first-order valence-electron chi connectivity index (χ1n) is 9.57. The van der Waals surface area contributed by atoms with E-state index in [-0.39, 0.29) is 17.9 Å². The molecule has 6 nitrogen and oxygen atoms in total. The van der Waals surface area contributed by atoms with E-state index in [4.69, 9.17) is 16.6 Å². The van der Waals surface area contributed by atoms with Crippen LogP contribution >= 0.6 is 24.0 Å². The molecule has 29 heavy (non-hydrogen) atoms. The standard InChI is InChI=1S/C21H21N3O3S2/c1-14(24-20(26)18(29-21(24)28)12-16-7-5-11-27-16)19(25)23-10-3-2-8-17(23)15-6-4-9-22-13-15/h4-7,9,11-14,17H,2-3,8,10H2,1H3/b18-12-/t14?,17-/m0/s1. The fourth-order valence-electron chi connectivity index (χ4n) is 3.78. The van der Waals surface area contributed by atoms with Crippen LogP contribution in [0.2, 0.25) is 0 Å². The van der Waals surface area contributed by atoms with Crippen LogP contribution in [0.5, 0.6) is 0 Å². The highest BCUT2D eigenvalue weighted by Crippen LogP contribution is 2.36. The largest absolute Gasteiger partial charge is 0.465 e. The number of thiocarbonyl (C=S) groups is 1. The molecule has 2 atom stereocenters. The summed E-state index contributed by atoms with van der Waals surface area (Å²) in [5.41, 5.74) is 1.02. The number of carbonyl (C=O) groups is 2. The van der Waals surface area contributed by atoms with Crippen molar-refractivity contribution in [1.29, 1.82) is 0 Å². The molecule has 0 aliphatic carbocycles. The third-order valence-electron chi connectivity index (χ3n) is 5.24. The van der Waals surface area contributed by atoms with E-state index < -0.39 is 6.04 Å². The zero-order valence-electron chi connectivity index (χ0n) is 16.0. The predicted octanol–water partition coefficient (Wildman–Crippen LogP) is 4.02. The van der Waals surface area contributed by atoms with E-state index in [1.165, 1.54) is 16.7 Å². The minimum atomic E-state index is -0.665. The highest BCUT2D eigenvalue weighted by molar-refractivity contribution is 8.26. The minimum absolute atomic E-state index is 0.0236. The van der Waals surface area contributed by atoms with Crippen LogP contribution in [0, 0.1) is 0 Å². The van der Waals surface area contributed by atoms with Gasteiger partial charge in [0.15, 0.2) is 0 Å². The molecular weight excluding hydrogens is 406 g/mol. The molecule has 0 bridgehead atoms. The number of piperidine rings is 1. The van der Waals surface area contributed by atoms with E-state index in [2.05, 4.69) is 4.98 Å². The normalized spacial score (nSPS) is 22.4. The number of rotatable bonds is 4. The van der Waals surface area contributed by atoms with Gasteiger partial charge in [0.1, 0.15) is 16.1 Å². The summed E-state index contributed by atoms with van der Waals surface area (Å²) < 4.78 is 5.69. The average Bonchev–Trinajstić information content (AvgIpc) is 3.35. The molecule has 150 valence electrons. The van der Waals surface area contributed by atoms with E-state index in [0.29, 0.717) is 21.5 Å². The van der Waals surface area contributed by atoms with Crippen molar-refractivity contribution in [3.05, 3.63) is 59.2 Å². The maximum Gasteiger partial charge on any atom is 0.267 e. The number of amides is 2. The number of hydrogen-bond acceptors (Lipinski definition) is 6. The van der Waals surface area contributed by atoms with Crippen LogP contribution in [0.25, 0.3) is 6.08 Å². The second kappa shape index (κ2) is 8.51. The van der Waals surface area contributed by atoms with Crippen LogP contribution in [0.4, 0.5) is 0 Å². The third kappa shape index (κ3) is 4.00. The van der Waals surface area contributed by atoms with Gasteiger partial charge in [0.2, 0.25) is 5.91 Å². The lowest BCUT2D eigenvalue weighted by atomic mass is 9.95. The molecule has 4 rings (SSSR count). The van der Waals surface area contributed by atoms with E-state index >= 15 is 0 Å². The number of likely N-dealkylation sites (tertiary alicyclic amines) is 1. The molecule has 2 saturated heterocycles. The number of pyridine rings is 1. The number of aromatic nitrogens is 1. The van der Waals surface area contributed by atoms with Gasteiger partial charge in [-0.25, -0.2) is 0 Å². The molecule has 2 aromatic heterocycles. The van der Waals surface area contributed by atoms with Crippen LogP contribution in [-0.2, 0) is 9.59 Å². The molecule has 2 amide bonds. The predicted molar refractivity (Wildman–Crippen MR) is 116 cm³/mol. The lowest BCUT2D eigenvalue weighted by molar-refractivity contribution is -0.142. The van der Waals surface area contributed by atoms with Gasteiger partial charge in [0.25, 0.3) is 5.91 Å². The summed E-state index contributed by atoms with van der Waals surface area (Å²) in [6.45, 7) is 2.41. The van der Waals surface area contributed by atoms with Gasteiger partial charge in [0.05, 0.1) is 17.2 Å². The Morgan fingerprint density at radius 2 is 2.24 bits per heavy atom. The van der Waals surface area contributed by atoms with Gasteiger partial charge in [-0.2, -0.15) is 0 Å². The highest BCUT2D eigenvalue weighted by Gasteiger charge is 2.41. The van der Waals surface area contributed by atoms with Gasteiger partial charge in [-0.15, -0.1) is 0 Å². The van der Waals surface area contributed by atoms with E-state index in [1.807, 2.05) is 23.2 Å². The molecule has 0 aromatic carbocycles. The number of thioether (sulfide) groups is 1. The zero-order chi connectivity index (χ0) is 20.4. The first kappa shape index (κ1) is 19.8. The molecule has 2 aliphatic heterocycles. The SMILES string of the molecule is CC(C(=O)N1CCCC[C@H]1c1cccnc1)N1C(=O)/C(=C/c2ccco2)SC1=S. The maximum absolute atomic E-state index is 13.4. The van der Waals surface area contributed by atoms with Crippen molar-refractivity contribution >= 4 is 46.2 Å². The van der Waals surface area contributed by atoms with Gasteiger partial charge in [-0.3, -0.25) is 19.5 Å². The van der Waals surface area contributed by atoms with Crippen molar-refractivity contribution < 1.29 is 14.0 Å². The van der Waals surface area contributed by atoms with Crippen molar-refractivity contribution in [2.24, 2.45) is 0 Å². The molecule has 2 aliphatic rings. The minimum Gasteiger partial charge on any atom is -0.465 e. The molecular formula is C21H21N3O3S2. The highest BCUT2D eigenvalue weighted by atomic mass is 32.2. The third-order valence-corrected chi connectivity index (χ3v) is 6.57. The number of hydrogen-bond donors (Lipinski definition) is 0. The lowest BCUT2D eigenvalue weighted by Gasteiger charge is -2.38. The van der Waals surface area contributed by atoms with Crippen molar-refractivity contribution in [2.75, 3.05) is 6.54 Å². The van der Waals surface area contributed by atoms with Crippen LogP contribution in [0.15, 0.2) is 52.2 Å². The Labute approximate surface area is 179 Å². The van der Waals surface area contributed by atoms with Crippen molar-refractivity contribution in [1.82, 2.24) is 14.8 Å². The number of nitrogens with zero attached hydrogens (tertiary/aromatic N) is 3. The maximum atomic E-state index is 13.4. The average molecular weight is 428 g/mol. The van der Waals surface area contributed by atoms with Gasteiger partial charge >= 0.3 is 0 Å². The van der Waals surface area contributed by atoms with Gasteiger partial charge < -0.3 is 9.32 Å². The summed E-state index contributed by atoms with van der Waals surface area (Å²) in [5, 5.41) is 0. The Hall–Kier alpha value is -2.45. The van der Waals surface area contributed by atoms with Gasteiger partial charge in [-0.05, 0) is 49.9 Å². The Kier molecular flexibility index (Phi) is 5.82. The first-order valence-corrected chi connectivity index (χ1v) is 10.8. The van der Waals surface area contributed by atoms with E-state index in [1.54, 1.807) is 37.6 Å². The van der Waals surface area contributed by atoms with Crippen LogP contribution in [-0.4, -0.2) is 43.5 Å². The second-order valence-electron chi connectivity index (χ2n) is 7.07. The quantitative estimate of drug-likeness (QED) is 0.542. The van der Waals surface area contributed by atoms with Gasteiger partial charge in [-0.1, -0.05) is 30.0 Å². The summed E-state index contributed by atoms with van der Waals surface area (Å²) >= 11 is 6.62. The molecule has 0 N–H and O–H groups in total. The lowest BCUT2D eigenvalue weighted by Crippen LogP contribution is -2.51. The smallest absolute Gasteiger partial charge is 0.267 e. The first-order chi connectivity index (χ1) is 14.1. The summed E-state index contributed by atoms with van der Waals surface area (Å²) in [5.74, 6) is 0.235. The topological polar surface area (TPSA) is 66.7 Å². The Morgan fingerprint density at radius 1 is 1.38 bits per heavy atom. The fraction of sp³-hybridized carbons (Fsp3) is 0.333. The van der Waals surface area contributed by atoms with E-state index in [9.17, 15) is 9.59 Å². The van der Waals surface area contributed by atoms with Crippen molar-refractivity contribution in [2.45, 2.75) is 38.3 Å². The van der Waals surface area contributed by atoms with Crippen LogP contribution in [0.1, 0.15) is 43.6 Å². The van der Waals surface area contributed by atoms with Gasteiger partial charge in [0, 0.05) is 25.0 Å². The Balaban J connectivity index is 1.55. The van der Waals surface area contributed by atoms with Crippen molar-refractivity contribution in [3.8, 4) is 0 Å². The molecule has 4 heterocycles. The summed E-state index contributed by atoms with van der Waals surface area (Å²) in [6, 6.07) is 6.73. The monoisotopic (exact) mass is 427 g/mol. The number of carbonyl (C=O) groups excluding carboxylic acids is 2. The van der Waals surface area contributed by atoms with Crippen LogP contribution < -0.4 is 0 Å². The molecule has 2 aromatic rings. The summed E-state index contributed by atoms with van der Waals surface area (Å²) in [7, 11) is 0. The number of furan rings is 1. The molecule has 1 unspecified atom stereocenters. The molecule has 8 heteroatoms. The Bertz CT molecular complexity index is 943. The second-order valence-corrected chi connectivity index (χ2v) is 8.75. The fourth-order valence-corrected chi connectivity index (χ4v) is 5.18. The zero-order valence-corrected chi connectivity index (χ0v) is 17.6. The Morgan fingerprint density at radius 3 is 2.97 bits per heavy atom. The van der Waals surface area contributed by atoms with Crippen LogP contribution in [0.3, 0.4) is 0 Å².